The first-order chi connectivity index (χ1) is 9.13. The van der Waals surface area contributed by atoms with Gasteiger partial charge in [-0.2, -0.15) is 0 Å². The fourth-order valence-corrected chi connectivity index (χ4v) is 2.27. The van der Waals surface area contributed by atoms with Gasteiger partial charge in [-0.25, -0.2) is 0 Å². The Morgan fingerprint density at radius 3 is 1.20 bits per heavy atom. The van der Waals surface area contributed by atoms with Crippen LogP contribution < -0.4 is 0 Å². The van der Waals surface area contributed by atoms with Gasteiger partial charge in [-0.1, -0.05) is 66.5 Å². The van der Waals surface area contributed by atoms with Gasteiger partial charge in [0.25, 0.3) is 0 Å². The largest absolute Gasteiger partial charge is 0.290 e. The van der Waals surface area contributed by atoms with Crippen LogP contribution in [-0.2, 0) is 4.79 Å². The van der Waals surface area contributed by atoms with Crippen LogP contribution in [-0.4, -0.2) is 5.78 Å². The van der Waals surface area contributed by atoms with Gasteiger partial charge >= 0.3 is 0 Å². The monoisotopic (exact) mass is 278 g/mol. The molecule has 0 saturated heterocycles. The van der Waals surface area contributed by atoms with Crippen molar-refractivity contribution in [2.24, 2.45) is 23.7 Å². The highest BCUT2D eigenvalue weighted by atomic mass is 16.1. The number of hydrogen-bond donors (Lipinski definition) is 0. The normalized spacial score (nSPS) is 14.0. The maximum atomic E-state index is 12.3. The van der Waals surface area contributed by atoms with Crippen LogP contribution in [0.3, 0.4) is 0 Å². The smallest absolute Gasteiger partial charge is 0.178 e. The highest BCUT2D eigenvalue weighted by Gasteiger charge is 2.10. The summed E-state index contributed by atoms with van der Waals surface area (Å²) in [5, 5.41) is 0. The summed E-state index contributed by atoms with van der Waals surface area (Å²) in [6.07, 6.45) is 5.76. The van der Waals surface area contributed by atoms with Crippen molar-refractivity contribution in [2.45, 2.75) is 68.2 Å². The van der Waals surface area contributed by atoms with Crippen molar-refractivity contribution in [1.82, 2.24) is 0 Å². The van der Waals surface area contributed by atoms with E-state index in [4.69, 9.17) is 0 Å². The lowest BCUT2D eigenvalue weighted by atomic mass is 9.90. The molecule has 0 atom stereocenters. The third kappa shape index (κ3) is 8.35. The first kappa shape index (κ1) is 19.1. The zero-order valence-corrected chi connectivity index (χ0v) is 14.8. The van der Waals surface area contributed by atoms with E-state index in [1.54, 1.807) is 0 Å². The first-order valence-electron chi connectivity index (χ1n) is 8.08. The van der Waals surface area contributed by atoms with E-state index < -0.39 is 0 Å². The summed E-state index contributed by atoms with van der Waals surface area (Å²) in [4.78, 5) is 12.3. The molecular weight excluding hydrogens is 244 g/mol. The summed E-state index contributed by atoms with van der Waals surface area (Å²) in [5.74, 6) is 2.25. The van der Waals surface area contributed by atoms with Crippen molar-refractivity contribution in [3.8, 4) is 0 Å². The van der Waals surface area contributed by atoms with Gasteiger partial charge in [0.05, 0.1) is 0 Å². The van der Waals surface area contributed by atoms with Crippen molar-refractivity contribution in [3.63, 3.8) is 0 Å². The van der Waals surface area contributed by atoms with E-state index >= 15 is 0 Å². The van der Waals surface area contributed by atoms with Gasteiger partial charge < -0.3 is 0 Å². The quantitative estimate of drug-likeness (QED) is 0.512. The molecule has 1 heteroatoms. The van der Waals surface area contributed by atoms with Gasteiger partial charge in [0.15, 0.2) is 5.78 Å². The maximum absolute atomic E-state index is 12.3. The van der Waals surface area contributed by atoms with E-state index in [-0.39, 0.29) is 5.78 Å². The number of rotatable bonds is 8. The van der Waals surface area contributed by atoms with E-state index in [0.717, 1.165) is 12.8 Å². The number of carbonyl (C=O) groups excluding carboxylic acids is 1. The Hall–Kier alpha value is -0.850. The van der Waals surface area contributed by atoms with Gasteiger partial charge in [-0.3, -0.25) is 4.79 Å². The third-order valence-electron chi connectivity index (χ3n) is 3.43. The van der Waals surface area contributed by atoms with E-state index in [0.29, 0.717) is 23.7 Å². The highest BCUT2D eigenvalue weighted by Crippen LogP contribution is 2.22. The molecule has 20 heavy (non-hydrogen) atoms. The van der Waals surface area contributed by atoms with Gasteiger partial charge in [-0.05, 0) is 48.7 Å². The molecule has 0 radical (unpaired) electrons. The molecule has 0 aliphatic rings. The number of ketones is 1. The molecular formula is C19H34O. The topological polar surface area (TPSA) is 17.1 Å². The summed E-state index contributed by atoms with van der Waals surface area (Å²) < 4.78 is 0. The highest BCUT2D eigenvalue weighted by molar-refractivity contribution is 6.00. The van der Waals surface area contributed by atoms with Crippen LogP contribution in [0.1, 0.15) is 68.2 Å². The molecule has 0 aromatic heterocycles. The molecule has 0 unspecified atom stereocenters. The average molecular weight is 278 g/mol. The molecule has 1 nitrogen and oxygen atoms in total. The van der Waals surface area contributed by atoms with Gasteiger partial charge in [0.2, 0.25) is 0 Å². The minimum absolute atomic E-state index is 0.165. The van der Waals surface area contributed by atoms with Crippen molar-refractivity contribution in [3.05, 3.63) is 23.3 Å². The van der Waals surface area contributed by atoms with Gasteiger partial charge in [0, 0.05) is 0 Å². The predicted octanol–water partition coefficient (Wildman–Crippen LogP) is 5.81. The lowest BCUT2D eigenvalue weighted by Gasteiger charge is -2.15. The average Bonchev–Trinajstić information content (AvgIpc) is 2.25. The standard InChI is InChI=1S/C19H34O/c1-13(2)9-17(15(5)6)11-19(20)12-18(16(7)8)10-14(3)4/h11-16H,9-10H2,1-8H3. The van der Waals surface area contributed by atoms with Crippen LogP contribution in [0, 0.1) is 23.7 Å². The fraction of sp³-hybridized carbons (Fsp3) is 0.737. The molecule has 0 bridgehead atoms. The molecule has 0 saturated carbocycles. The number of hydrogen-bond acceptors (Lipinski definition) is 1. The Morgan fingerprint density at radius 2 is 1.00 bits per heavy atom. The van der Waals surface area contributed by atoms with E-state index in [2.05, 4.69) is 55.4 Å². The van der Waals surface area contributed by atoms with E-state index in [9.17, 15) is 4.79 Å². The molecule has 0 heterocycles. The lowest BCUT2D eigenvalue weighted by Crippen LogP contribution is -2.05. The Morgan fingerprint density at radius 1 is 0.700 bits per heavy atom. The fourth-order valence-electron chi connectivity index (χ4n) is 2.27. The SMILES string of the molecule is CC(C)CC(=CC(=O)C=C(CC(C)C)C(C)C)C(C)C. The van der Waals surface area contributed by atoms with Crippen LogP contribution >= 0.6 is 0 Å². The second kappa shape index (κ2) is 9.15. The summed E-state index contributed by atoms with van der Waals surface area (Å²) in [7, 11) is 0. The zero-order chi connectivity index (χ0) is 15.9. The minimum Gasteiger partial charge on any atom is -0.290 e. The summed E-state index contributed by atoms with van der Waals surface area (Å²) >= 11 is 0. The summed E-state index contributed by atoms with van der Waals surface area (Å²) in [6.45, 7) is 17.5. The molecule has 0 aromatic carbocycles. The number of allylic oxidation sites excluding steroid dienone is 4. The molecule has 0 aliphatic heterocycles. The molecule has 0 aliphatic carbocycles. The van der Waals surface area contributed by atoms with E-state index in [1.165, 1.54) is 11.1 Å². The molecule has 0 rings (SSSR count). The Balaban J connectivity index is 5.09. The molecule has 0 aromatic rings. The van der Waals surface area contributed by atoms with Crippen molar-refractivity contribution in [1.29, 1.82) is 0 Å². The summed E-state index contributed by atoms with van der Waals surface area (Å²) in [5.41, 5.74) is 2.54. The van der Waals surface area contributed by atoms with Crippen molar-refractivity contribution < 1.29 is 4.79 Å². The molecule has 0 N–H and O–H groups in total. The van der Waals surface area contributed by atoms with Crippen LogP contribution in [0.4, 0.5) is 0 Å². The van der Waals surface area contributed by atoms with E-state index in [1.807, 2.05) is 12.2 Å². The number of carbonyl (C=O) groups is 1. The van der Waals surface area contributed by atoms with Gasteiger partial charge in [0.1, 0.15) is 0 Å². The third-order valence-corrected chi connectivity index (χ3v) is 3.43. The molecule has 116 valence electrons. The van der Waals surface area contributed by atoms with Crippen molar-refractivity contribution >= 4 is 5.78 Å². The van der Waals surface area contributed by atoms with Crippen LogP contribution in [0.5, 0.6) is 0 Å². The first-order valence-corrected chi connectivity index (χ1v) is 8.08. The Kier molecular flexibility index (Phi) is 8.76. The maximum Gasteiger partial charge on any atom is 0.178 e. The Bertz CT molecular complexity index is 320. The molecule has 0 fully saturated rings. The molecule has 0 amide bonds. The lowest BCUT2D eigenvalue weighted by molar-refractivity contribution is -0.110. The molecule has 0 spiro atoms. The predicted molar refractivity (Wildman–Crippen MR) is 89.8 cm³/mol. The summed E-state index contributed by atoms with van der Waals surface area (Å²) in [6, 6.07) is 0. The van der Waals surface area contributed by atoms with Crippen molar-refractivity contribution in [2.75, 3.05) is 0 Å². The zero-order valence-electron chi connectivity index (χ0n) is 14.8. The van der Waals surface area contributed by atoms with Crippen LogP contribution in [0.25, 0.3) is 0 Å². The minimum atomic E-state index is 0.165. The second-order valence-electron chi connectivity index (χ2n) is 7.35. The van der Waals surface area contributed by atoms with Gasteiger partial charge in [-0.15, -0.1) is 0 Å². The van der Waals surface area contributed by atoms with Crippen LogP contribution in [0.2, 0.25) is 0 Å². The Labute approximate surface area is 126 Å². The second-order valence-corrected chi connectivity index (χ2v) is 7.35. The van der Waals surface area contributed by atoms with Crippen LogP contribution in [0.15, 0.2) is 23.3 Å².